The number of hydrogen-bond acceptors (Lipinski definition) is 3. The molecular weight excluding hydrogens is 326 g/mol. The molecule has 1 aliphatic rings. The third kappa shape index (κ3) is 5.07. The summed E-state index contributed by atoms with van der Waals surface area (Å²) in [5.41, 5.74) is 2.95. The highest BCUT2D eigenvalue weighted by molar-refractivity contribution is 5.94. The molecule has 3 atom stereocenters. The maximum atomic E-state index is 12.8. The van der Waals surface area contributed by atoms with E-state index in [-0.39, 0.29) is 24.4 Å². The summed E-state index contributed by atoms with van der Waals surface area (Å²) in [6, 6.07) is 5.64. The van der Waals surface area contributed by atoms with Gasteiger partial charge in [-0.1, -0.05) is 32.0 Å². The lowest BCUT2D eigenvalue weighted by molar-refractivity contribution is -0.139. The first-order valence-corrected chi connectivity index (χ1v) is 9.54. The van der Waals surface area contributed by atoms with Gasteiger partial charge in [0.15, 0.2) is 0 Å². The first kappa shape index (κ1) is 20.4. The fraction of sp³-hybridized carbons (Fsp3) is 0.619. The molecule has 1 aliphatic heterocycles. The average Bonchev–Trinajstić information content (AvgIpc) is 2.56. The molecule has 0 radical (unpaired) electrons. The lowest BCUT2D eigenvalue weighted by Crippen LogP contribution is -2.51. The van der Waals surface area contributed by atoms with E-state index in [0.717, 1.165) is 29.9 Å². The Morgan fingerprint density at radius 1 is 1.19 bits per heavy atom. The summed E-state index contributed by atoms with van der Waals surface area (Å²) < 4.78 is 0. The number of benzene rings is 1. The Balaban J connectivity index is 1.94. The number of para-hydroxylation sites is 1. The number of carbonyl (C=O) groups is 2. The van der Waals surface area contributed by atoms with Crippen molar-refractivity contribution in [2.75, 3.05) is 32.0 Å². The van der Waals surface area contributed by atoms with Crippen LogP contribution in [0.15, 0.2) is 18.2 Å². The average molecular weight is 360 g/mol. The Morgan fingerprint density at radius 3 is 2.27 bits per heavy atom. The number of likely N-dealkylation sites (tertiary alicyclic amines) is 1. The minimum atomic E-state index is -0.309. The fourth-order valence-corrected chi connectivity index (χ4v) is 3.85. The van der Waals surface area contributed by atoms with E-state index in [0.29, 0.717) is 11.8 Å². The molecular formula is C21H33N3O2. The van der Waals surface area contributed by atoms with Crippen molar-refractivity contribution in [1.29, 1.82) is 0 Å². The van der Waals surface area contributed by atoms with Gasteiger partial charge in [-0.05, 0) is 57.2 Å². The highest BCUT2D eigenvalue weighted by atomic mass is 16.2. The van der Waals surface area contributed by atoms with E-state index >= 15 is 0 Å². The molecule has 1 aromatic rings. The molecule has 1 fully saturated rings. The molecule has 0 spiro atoms. The van der Waals surface area contributed by atoms with E-state index in [4.69, 9.17) is 0 Å². The summed E-state index contributed by atoms with van der Waals surface area (Å²) >= 11 is 0. The second kappa shape index (κ2) is 8.67. The zero-order valence-corrected chi connectivity index (χ0v) is 17.0. The highest BCUT2D eigenvalue weighted by Gasteiger charge is 2.30. The van der Waals surface area contributed by atoms with Crippen molar-refractivity contribution >= 4 is 17.5 Å². The monoisotopic (exact) mass is 359 g/mol. The molecule has 26 heavy (non-hydrogen) atoms. The molecule has 5 nitrogen and oxygen atoms in total. The molecule has 0 saturated carbocycles. The van der Waals surface area contributed by atoms with E-state index in [1.54, 1.807) is 0 Å². The second-order valence-electron chi connectivity index (χ2n) is 8.10. The van der Waals surface area contributed by atoms with Crippen LogP contribution in [0.3, 0.4) is 0 Å². The number of nitrogens with zero attached hydrogens (tertiary/aromatic N) is 2. The largest absolute Gasteiger partial charge is 0.341 e. The minimum Gasteiger partial charge on any atom is -0.341 e. The smallest absolute Gasteiger partial charge is 0.239 e. The van der Waals surface area contributed by atoms with Gasteiger partial charge in [-0.15, -0.1) is 0 Å². The van der Waals surface area contributed by atoms with Crippen LogP contribution in [0.1, 0.15) is 38.3 Å². The van der Waals surface area contributed by atoms with Gasteiger partial charge >= 0.3 is 0 Å². The normalized spacial score (nSPS) is 21.6. The van der Waals surface area contributed by atoms with Gasteiger partial charge < -0.3 is 10.2 Å². The van der Waals surface area contributed by atoms with Crippen molar-refractivity contribution in [2.24, 2.45) is 11.8 Å². The number of hydrogen-bond donors (Lipinski definition) is 1. The van der Waals surface area contributed by atoms with Crippen LogP contribution in [0.2, 0.25) is 0 Å². The van der Waals surface area contributed by atoms with E-state index in [2.05, 4.69) is 19.2 Å². The van der Waals surface area contributed by atoms with Crippen LogP contribution in [-0.2, 0) is 9.59 Å². The molecule has 1 saturated heterocycles. The predicted octanol–water partition coefficient (Wildman–Crippen LogP) is 3.07. The molecule has 0 aromatic heterocycles. The highest BCUT2D eigenvalue weighted by Crippen LogP contribution is 2.22. The molecule has 2 rings (SSSR count). The number of anilines is 1. The molecule has 0 unspecified atom stereocenters. The van der Waals surface area contributed by atoms with Crippen LogP contribution in [0.25, 0.3) is 0 Å². The quantitative estimate of drug-likeness (QED) is 0.879. The van der Waals surface area contributed by atoms with E-state index < -0.39 is 0 Å². The first-order valence-electron chi connectivity index (χ1n) is 9.54. The number of rotatable bonds is 5. The molecule has 1 N–H and O–H groups in total. The predicted molar refractivity (Wildman–Crippen MR) is 106 cm³/mol. The Kier molecular flexibility index (Phi) is 6.81. The molecule has 1 heterocycles. The molecule has 1 aromatic carbocycles. The third-order valence-corrected chi connectivity index (χ3v) is 5.34. The molecule has 144 valence electrons. The number of aryl methyl sites for hydroxylation is 2. The van der Waals surface area contributed by atoms with Crippen molar-refractivity contribution < 1.29 is 9.59 Å². The maximum absolute atomic E-state index is 12.8. The van der Waals surface area contributed by atoms with E-state index in [1.165, 1.54) is 6.42 Å². The van der Waals surface area contributed by atoms with Crippen LogP contribution in [0.4, 0.5) is 5.69 Å². The van der Waals surface area contributed by atoms with Gasteiger partial charge in [0.1, 0.15) is 0 Å². The van der Waals surface area contributed by atoms with Crippen LogP contribution in [-0.4, -0.2) is 54.3 Å². The van der Waals surface area contributed by atoms with Crippen molar-refractivity contribution in [3.63, 3.8) is 0 Å². The summed E-state index contributed by atoms with van der Waals surface area (Å²) in [4.78, 5) is 29.1. The van der Waals surface area contributed by atoms with Crippen molar-refractivity contribution in [1.82, 2.24) is 9.80 Å². The summed E-state index contributed by atoms with van der Waals surface area (Å²) in [6.45, 7) is 12.1. The van der Waals surface area contributed by atoms with Crippen LogP contribution in [0.5, 0.6) is 0 Å². The second-order valence-corrected chi connectivity index (χ2v) is 8.10. The standard InChI is InChI=1S/C21H33N3O2/c1-14-10-15(2)12-24(11-14)21(26)18(5)23(6)13-19(25)22-20-16(3)8-7-9-17(20)4/h7-9,14-15,18H,10-13H2,1-6H3,(H,22,25)/t14-,15+,18-/m1/s1. The van der Waals surface area contributed by atoms with Crippen LogP contribution >= 0.6 is 0 Å². The van der Waals surface area contributed by atoms with Gasteiger partial charge in [0, 0.05) is 18.8 Å². The van der Waals surface area contributed by atoms with Gasteiger partial charge in [0.05, 0.1) is 12.6 Å². The van der Waals surface area contributed by atoms with Crippen LogP contribution in [0, 0.1) is 25.7 Å². The van der Waals surface area contributed by atoms with Gasteiger partial charge in [-0.25, -0.2) is 0 Å². The summed E-state index contributed by atoms with van der Waals surface area (Å²) in [5.74, 6) is 1.09. The summed E-state index contributed by atoms with van der Waals surface area (Å²) in [7, 11) is 1.84. The lowest BCUT2D eigenvalue weighted by Gasteiger charge is -2.38. The molecule has 0 bridgehead atoms. The van der Waals surface area contributed by atoms with E-state index in [9.17, 15) is 9.59 Å². The Bertz CT molecular complexity index is 628. The molecule has 2 amide bonds. The van der Waals surface area contributed by atoms with Gasteiger partial charge in [0.25, 0.3) is 0 Å². The zero-order chi connectivity index (χ0) is 19.4. The number of nitrogens with one attached hydrogen (secondary N) is 1. The maximum Gasteiger partial charge on any atom is 0.239 e. The Labute approximate surface area is 157 Å². The van der Waals surface area contributed by atoms with Gasteiger partial charge in [-0.3, -0.25) is 14.5 Å². The molecule has 0 aliphatic carbocycles. The summed E-state index contributed by atoms with van der Waals surface area (Å²) in [5, 5.41) is 2.99. The van der Waals surface area contributed by atoms with Crippen molar-refractivity contribution in [3.05, 3.63) is 29.3 Å². The van der Waals surface area contributed by atoms with Crippen molar-refractivity contribution in [2.45, 2.75) is 47.1 Å². The minimum absolute atomic E-state index is 0.0927. The summed E-state index contributed by atoms with van der Waals surface area (Å²) in [6.07, 6.45) is 1.17. The first-order chi connectivity index (χ1) is 12.2. The number of amides is 2. The zero-order valence-electron chi connectivity index (χ0n) is 17.0. The fourth-order valence-electron chi connectivity index (χ4n) is 3.85. The Hall–Kier alpha value is -1.88. The number of carbonyl (C=O) groups excluding carboxylic acids is 2. The lowest BCUT2D eigenvalue weighted by atomic mass is 9.91. The van der Waals surface area contributed by atoms with Gasteiger partial charge in [-0.2, -0.15) is 0 Å². The number of piperidine rings is 1. The Morgan fingerprint density at radius 2 is 1.73 bits per heavy atom. The van der Waals surface area contributed by atoms with Gasteiger partial charge in [0.2, 0.25) is 11.8 Å². The molecule has 5 heteroatoms. The van der Waals surface area contributed by atoms with Crippen molar-refractivity contribution in [3.8, 4) is 0 Å². The van der Waals surface area contributed by atoms with Crippen LogP contribution < -0.4 is 5.32 Å². The third-order valence-electron chi connectivity index (χ3n) is 5.34. The number of likely N-dealkylation sites (N-methyl/N-ethyl adjacent to an activating group) is 1. The topological polar surface area (TPSA) is 52.7 Å². The SMILES string of the molecule is Cc1cccc(C)c1NC(=O)CN(C)[C@H](C)C(=O)N1C[C@H](C)C[C@H](C)C1. The van der Waals surface area contributed by atoms with E-state index in [1.807, 2.05) is 55.8 Å².